The van der Waals surface area contributed by atoms with E-state index in [0.717, 1.165) is 17.5 Å². The molecule has 146 valence electrons. The van der Waals surface area contributed by atoms with Crippen LogP contribution >= 0.6 is 0 Å². The number of amides is 1. The van der Waals surface area contributed by atoms with Gasteiger partial charge in [-0.25, -0.2) is 0 Å². The van der Waals surface area contributed by atoms with E-state index < -0.39 is 17.4 Å². The van der Waals surface area contributed by atoms with Gasteiger partial charge in [0.1, 0.15) is 6.10 Å². The number of aliphatic hydroxyl groups is 1. The van der Waals surface area contributed by atoms with Crippen molar-refractivity contribution >= 4 is 5.91 Å². The zero-order valence-corrected chi connectivity index (χ0v) is 15.7. The summed E-state index contributed by atoms with van der Waals surface area (Å²) < 4.78 is 22.8. The number of fused-ring (bicyclic) bond motifs is 1. The molecule has 5 rings (SSSR count). The molecule has 1 aliphatic carbocycles. The third kappa shape index (κ3) is 2.16. The van der Waals surface area contributed by atoms with Crippen LogP contribution in [-0.2, 0) is 26.2 Å². The molecule has 1 N–H and O–H groups in total. The van der Waals surface area contributed by atoms with Gasteiger partial charge < -0.3 is 29.0 Å². The van der Waals surface area contributed by atoms with Crippen molar-refractivity contribution in [2.75, 3.05) is 34.0 Å². The zero-order chi connectivity index (χ0) is 18.8. The Kier molecular flexibility index (Phi) is 3.73. The van der Waals surface area contributed by atoms with E-state index in [2.05, 4.69) is 0 Å². The van der Waals surface area contributed by atoms with Gasteiger partial charge in [0.05, 0.1) is 33.0 Å². The lowest BCUT2D eigenvalue weighted by Crippen LogP contribution is -2.56. The van der Waals surface area contributed by atoms with Gasteiger partial charge in [-0.1, -0.05) is 0 Å². The van der Waals surface area contributed by atoms with E-state index in [4.69, 9.17) is 18.9 Å². The van der Waals surface area contributed by atoms with E-state index in [0.29, 0.717) is 50.5 Å². The highest BCUT2D eigenvalue weighted by molar-refractivity contribution is 5.86. The average Bonchev–Trinajstić information content (AvgIpc) is 3.23. The van der Waals surface area contributed by atoms with Crippen LogP contribution in [0.4, 0.5) is 0 Å². The van der Waals surface area contributed by atoms with Crippen LogP contribution in [0.1, 0.15) is 30.4 Å². The maximum Gasteiger partial charge on any atom is 0.252 e. The summed E-state index contributed by atoms with van der Waals surface area (Å²) in [5.74, 6) is 0.219. The fraction of sp³-hybridized carbons (Fsp3) is 0.650. The van der Waals surface area contributed by atoms with Crippen LogP contribution < -0.4 is 9.47 Å². The van der Waals surface area contributed by atoms with Gasteiger partial charge in [0.15, 0.2) is 17.3 Å². The topological polar surface area (TPSA) is 77.5 Å². The van der Waals surface area contributed by atoms with Gasteiger partial charge in [-0.2, -0.15) is 0 Å². The molecule has 3 aliphatic heterocycles. The van der Waals surface area contributed by atoms with Crippen molar-refractivity contribution in [1.29, 1.82) is 0 Å². The fourth-order valence-corrected chi connectivity index (χ4v) is 5.72. The first kappa shape index (κ1) is 17.3. The molecule has 1 aromatic carbocycles. The lowest BCUT2D eigenvalue weighted by Gasteiger charge is -2.52. The van der Waals surface area contributed by atoms with E-state index in [-0.39, 0.29) is 11.8 Å². The van der Waals surface area contributed by atoms with Gasteiger partial charge in [-0.3, -0.25) is 4.79 Å². The molecule has 7 nitrogen and oxygen atoms in total. The van der Waals surface area contributed by atoms with Crippen LogP contribution in [0.25, 0.3) is 0 Å². The van der Waals surface area contributed by atoms with Crippen LogP contribution in [-0.4, -0.2) is 61.8 Å². The molecule has 3 fully saturated rings. The number of carbonyl (C=O) groups is 1. The highest BCUT2D eigenvalue weighted by Crippen LogP contribution is 2.59. The smallest absolute Gasteiger partial charge is 0.252 e. The Labute approximate surface area is 158 Å². The summed E-state index contributed by atoms with van der Waals surface area (Å²) in [7, 11) is 3.24. The normalized spacial score (nSPS) is 33.6. The summed E-state index contributed by atoms with van der Waals surface area (Å²) in [4.78, 5) is 14.8. The molecule has 4 aliphatic rings. The van der Waals surface area contributed by atoms with Gasteiger partial charge in [0.25, 0.3) is 5.91 Å². The Bertz CT molecular complexity index is 789. The molecule has 3 heterocycles. The summed E-state index contributed by atoms with van der Waals surface area (Å²) in [6, 6.07) is 4.01. The lowest BCUT2D eigenvalue weighted by molar-refractivity contribution is -0.209. The van der Waals surface area contributed by atoms with E-state index in [1.165, 1.54) is 0 Å². The minimum atomic E-state index is -1.03. The first-order valence-electron chi connectivity index (χ1n) is 9.57. The van der Waals surface area contributed by atoms with Gasteiger partial charge in [-0.05, 0) is 36.1 Å². The summed E-state index contributed by atoms with van der Waals surface area (Å²) in [5, 5.41) is 10.9. The van der Waals surface area contributed by atoms with Crippen molar-refractivity contribution in [2.24, 2.45) is 5.92 Å². The van der Waals surface area contributed by atoms with Crippen LogP contribution in [0.3, 0.4) is 0 Å². The molecule has 1 aromatic rings. The lowest BCUT2D eigenvalue weighted by atomic mass is 9.64. The highest BCUT2D eigenvalue weighted by Gasteiger charge is 2.65. The Morgan fingerprint density at radius 3 is 2.56 bits per heavy atom. The van der Waals surface area contributed by atoms with Gasteiger partial charge in [-0.15, -0.1) is 0 Å². The molecule has 7 heteroatoms. The summed E-state index contributed by atoms with van der Waals surface area (Å²) in [6.07, 6.45) is 1.62. The highest BCUT2D eigenvalue weighted by atomic mass is 16.7. The van der Waals surface area contributed by atoms with Gasteiger partial charge in [0.2, 0.25) is 0 Å². The molecular weight excluding hydrogens is 350 g/mol. The number of ether oxygens (including phenoxy) is 4. The Hall–Kier alpha value is -1.83. The van der Waals surface area contributed by atoms with Crippen molar-refractivity contribution < 1.29 is 28.8 Å². The van der Waals surface area contributed by atoms with Crippen LogP contribution in [0.15, 0.2) is 12.1 Å². The van der Waals surface area contributed by atoms with Gasteiger partial charge >= 0.3 is 0 Å². The monoisotopic (exact) mass is 375 g/mol. The molecule has 0 aromatic heterocycles. The number of carbonyl (C=O) groups excluding carboxylic acids is 1. The number of nitrogens with zero attached hydrogens (tertiary/aromatic N) is 1. The summed E-state index contributed by atoms with van der Waals surface area (Å²) in [5.41, 5.74) is 1.68. The second-order valence-corrected chi connectivity index (χ2v) is 7.89. The van der Waals surface area contributed by atoms with E-state index in [1.807, 2.05) is 17.0 Å². The van der Waals surface area contributed by atoms with E-state index >= 15 is 0 Å². The molecule has 1 amide bonds. The number of aliphatic hydroxyl groups excluding tert-OH is 1. The first-order chi connectivity index (χ1) is 13.0. The van der Waals surface area contributed by atoms with E-state index in [9.17, 15) is 9.90 Å². The molecule has 1 saturated carbocycles. The van der Waals surface area contributed by atoms with Crippen molar-refractivity contribution in [3.63, 3.8) is 0 Å². The molecular formula is C20H25NO6. The number of rotatable bonds is 2. The third-order valence-electron chi connectivity index (χ3n) is 6.91. The largest absolute Gasteiger partial charge is 0.493 e. The van der Waals surface area contributed by atoms with Crippen molar-refractivity contribution in [3.05, 3.63) is 23.3 Å². The summed E-state index contributed by atoms with van der Waals surface area (Å²) >= 11 is 0. The maximum atomic E-state index is 12.9. The third-order valence-corrected chi connectivity index (χ3v) is 6.91. The van der Waals surface area contributed by atoms with Crippen molar-refractivity contribution in [2.45, 2.75) is 43.1 Å². The molecule has 2 saturated heterocycles. The molecule has 27 heavy (non-hydrogen) atoms. The van der Waals surface area contributed by atoms with Crippen molar-refractivity contribution in [3.8, 4) is 11.5 Å². The van der Waals surface area contributed by atoms with Crippen LogP contribution in [0.5, 0.6) is 11.5 Å². The minimum Gasteiger partial charge on any atom is -0.493 e. The first-order valence-corrected chi connectivity index (χ1v) is 9.57. The predicted octanol–water partition coefficient (Wildman–Crippen LogP) is 1.20. The number of benzene rings is 1. The second kappa shape index (κ2) is 5.83. The second-order valence-electron chi connectivity index (χ2n) is 7.89. The minimum absolute atomic E-state index is 0.185. The maximum absolute atomic E-state index is 12.9. The summed E-state index contributed by atoms with van der Waals surface area (Å²) in [6.45, 7) is 1.73. The van der Waals surface area contributed by atoms with Crippen molar-refractivity contribution in [1.82, 2.24) is 4.90 Å². The zero-order valence-electron chi connectivity index (χ0n) is 15.7. The number of hydrogen-bond donors (Lipinski definition) is 1. The van der Waals surface area contributed by atoms with Gasteiger partial charge in [0, 0.05) is 25.3 Å². The quantitative estimate of drug-likeness (QED) is 0.837. The SMILES string of the molecule is COc1cc2c(cc1OC)[C@@]13CCC4(C[C@@H]1[C@H](O)C(=O)N3CC2)OCCO4. The molecule has 3 atom stereocenters. The Morgan fingerprint density at radius 2 is 1.85 bits per heavy atom. The molecule has 0 bridgehead atoms. The molecule has 0 unspecified atom stereocenters. The fourth-order valence-electron chi connectivity index (χ4n) is 5.72. The average molecular weight is 375 g/mol. The number of hydrogen-bond acceptors (Lipinski definition) is 6. The predicted molar refractivity (Wildman–Crippen MR) is 94.6 cm³/mol. The standard InChI is InChI=1S/C20H25NO6/c1-24-15-9-12-3-6-21-18(23)17(22)14-11-19(26-7-8-27-19)4-5-20(14,21)13(12)10-16(15)25-2/h9-10,14,17,22H,3-8,11H2,1-2H3/t14-,17+,20+/m1/s1. The Morgan fingerprint density at radius 1 is 1.15 bits per heavy atom. The number of methoxy groups -OCH3 is 2. The molecule has 2 spiro atoms. The molecule has 0 radical (unpaired) electrons. The Balaban J connectivity index is 1.66. The van der Waals surface area contributed by atoms with Crippen LogP contribution in [0.2, 0.25) is 0 Å². The van der Waals surface area contributed by atoms with E-state index in [1.54, 1.807) is 14.2 Å². The van der Waals surface area contributed by atoms with Crippen LogP contribution in [0, 0.1) is 5.92 Å².